The van der Waals surface area contributed by atoms with E-state index in [0.29, 0.717) is 18.1 Å². The molecule has 5 rings (SSSR count). The van der Waals surface area contributed by atoms with E-state index in [1.54, 1.807) is 21.8 Å². The summed E-state index contributed by atoms with van der Waals surface area (Å²) in [4.78, 5) is 40.1. The van der Waals surface area contributed by atoms with Crippen molar-refractivity contribution in [2.75, 3.05) is 17.9 Å². The minimum atomic E-state index is -0.538. The molecule has 0 N–H and O–H groups in total. The summed E-state index contributed by atoms with van der Waals surface area (Å²) in [5, 5.41) is 3.35. The molecule has 2 aromatic carbocycles. The summed E-state index contributed by atoms with van der Waals surface area (Å²) in [6, 6.07) is 19.4. The standard InChI is InChI=1S/C29H34N2O4S/c1-28(2)21-14-16-29(28)24(18-21)31(30(27(29)34)22-12-8-5-9-13-22)25(32)19-23(20-10-6-4-7-11-20)36-17-15-26(33)35-3/h4-13,21,23-24H,14-19H2,1-3H3/t21-,23-,24-,29+/m1/s1. The number of hydrogen-bond donors (Lipinski definition) is 0. The quantitative estimate of drug-likeness (QED) is 0.449. The Morgan fingerprint density at radius 3 is 2.39 bits per heavy atom. The van der Waals surface area contributed by atoms with E-state index in [4.69, 9.17) is 4.74 Å². The molecule has 1 spiro atoms. The van der Waals surface area contributed by atoms with E-state index in [1.165, 1.54) is 7.11 Å². The Bertz CT molecular complexity index is 1140. The molecular weight excluding hydrogens is 472 g/mol. The highest BCUT2D eigenvalue weighted by Gasteiger charge is 2.75. The van der Waals surface area contributed by atoms with Crippen molar-refractivity contribution in [1.82, 2.24) is 5.01 Å². The van der Waals surface area contributed by atoms with Gasteiger partial charge in [0.15, 0.2) is 0 Å². The lowest BCUT2D eigenvalue weighted by Gasteiger charge is -2.35. The number of thioether (sulfide) groups is 1. The first-order chi connectivity index (χ1) is 17.3. The molecule has 0 unspecified atom stereocenters. The molecule has 3 aliphatic rings. The molecule has 36 heavy (non-hydrogen) atoms. The van der Waals surface area contributed by atoms with Crippen molar-refractivity contribution in [3.05, 3.63) is 66.2 Å². The van der Waals surface area contributed by atoms with Crippen LogP contribution in [-0.2, 0) is 19.1 Å². The molecular formula is C29H34N2O4S. The van der Waals surface area contributed by atoms with Crippen LogP contribution in [0.3, 0.4) is 0 Å². The van der Waals surface area contributed by atoms with Crippen LogP contribution < -0.4 is 5.01 Å². The van der Waals surface area contributed by atoms with Crippen molar-refractivity contribution < 1.29 is 19.1 Å². The average molecular weight is 507 g/mol. The van der Waals surface area contributed by atoms with Gasteiger partial charge < -0.3 is 4.74 Å². The van der Waals surface area contributed by atoms with Crippen molar-refractivity contribution in [3.63, 3.8) is 0 Å². The summed E-state index contributed by atoms with van der Waals surface area (Å²) < 4.78 is 4.80. The number of fused-ring (bicyclic) bond motifs is 1. The van der Waals surface area contributed by atoms with Gasteiger partial charge in [-0.25, -0.2) is 10.0 Å². The van der Waals surface area contributed by atoms with Crippen molar-refractivity contribution in [2.24, 2.45) is 16.7 Å². The fourth-order valence-corrected chi connectivity index (χ4v) is 8.04. The van der Waals surface area contributed by atoms with Gasteiger partial charge in [0, 0.05) is 17.4 Å². The van der Waals surface area contributed by atoms with Crippen LogP contribution in [0.2, 0.25) is 0 Å². The SMILES string of the molecule is COC(=O)CCS[C@H](CC(=O)N1[C@@H]2C[C@H]3CC[C@]2(C(=O)N1c1ccccc1)C3(C)C)c1ccccc1. The van der Waals surface area contributed by atoms with Crippen molar-refractivity contribution in [2.45, 2.75) is 57.2 Å². The molecule has 2 aromatic rings. The second kappa shape index (κ2) is 9.58. The highest BCUT2D eigenvalue weighted by atomic mass is 32.2. The van der Waals surface area contributed by atoms with Crippen LogP contribution in [0.1, 0.15) is 56.8 Å². The lowest BCUT2D eigenvalue weighted by molar-refractivity contribution is -0.140. The number of para-hydroxylation sites is 1. The highest BCUT2D eigenvalue weighted by Crippen LogP contribution is 2.70. The monoisotopic (exact) mass is 506 g/mol. The number of nitrogens with zero attached hydrogens (tertiary/aromatic N) is 2. The molecule has 2 amide bonds. The van der Waals surface area contributed by atoms with Crippen LogP contribution in [0.15, 0.2) is 60.7 Å². The van der Waals surface area contributed by atoms with Gasteiger partial charge >= 0.3 is 5.97 Å². The number of carbonyl (C=O) groups is 3. The van der Waals surface area contributed by atoms with Gasteiger partial charge in [-0.1, -0.05) is 62.4 Å². The third kappa shape index (κ3) is 3.83. The number of hydrogen-bond acceptors (Lipinski definition) is 5. The lowest BCUT2D eigenvalue weighted by Crippen LogP contribution is -2.47. The van der Waals surface area contributed by atoms with Crippen LogP contribution in [-0.4, -0.2) is 41.7 Å². The lowest BCUT2D eigenvalue weighted by atomic mass is 9.67. The number of esters is 1. The number of hydrazine groups is 1. The summed E-state index contributed by atoms with van der Waals surface area (Å²) in [5.74, 6) is 0.762. The molecule has 2 aliphatic carbocycles. The Labute approximate surface area is 217 Å². The Kier molecular flexibility index (Phi) is 6.62. The van der Waals surface area contributed by atoms with Crippen LogP contribution in [0.4, 0.5) is 5.69 Å². The van der Waals surface area contributed by atoms with Crippen molar-refractivity contribution in [1.29, 1.82) is 0 Å². The Balaban J connectivity index is 1.47. The maximum absolute atomic E-state index is 14.2. The van der Waals surface area contributed by atoms with E-state index in [2.05, 4.69) is 13.8 Å². The minimum absolute atomic E-state index is 0.0446. The summed E-state index contributed by atoms with van der Waals surface area (Å²) in [5.41, 5.74) is 1.10. The van der Waals surface area contributed by atoms with Gasteiger partial charge in [0.25, 0.3) is 5.91 Å². The van der Waals surface area contributed by atoms with Crippen LogP contribution >= 0.6 is 11.8 Å². The number of methoxy groups -OCH3 is 1. The third-order valence-corrected chi connectivity index (χ3v) is 10.1. The van der Waals surface area contributed by atoms with Crippen LogP contribution in [0.5, 0.6) is 0 Å². The zero-order valence-electron chi connectivity index (χ0n) is 21.2. The first-order valence-electron chi connectivity index (χ1n) is 12.8. The smallest absolute Gasteiger partial charge is 0.306 e. The second-order valence-corrected chi connectivity index (χ2v) is 12.0. The molecule has 0 aromatic heterocycles. The van der Waals surface area contributed by atoms with Crippen LogP contribution in [0, 0.1) is 16.7 Å². The fraction of sp³-hybridized carbons (Fsp3) is 0.483. The van der Waals surface area contributed by atoms with Gasteiger partial charge in [-0.05, 0) is 48.3 Å². The first kappa shape index (κ1) is 24.9. The largest absolute Gasteiger partial charge is 0.469 e. The molecule has 1 heterocycles. The molecule has 7 heteroatoms. The van der Waals surface area contributed by atoms with Gasteiger partial charge in [0.05, 0.1) is 30.7 Å². The summed E-state index contributed by atoms with van der Waals surface area (Å²) >= 11 is 1.59. The molecule has 6 nitrogen and oxygen atoms in total. The van der Waals surface area contributed by atoms with E-state index in [1.807, 2.05) is 60.7 Å². The van der Waals surface area contributed by atoms with Gasteiger partial charge in [-0.15, -0.1) is 0 Å². The van der Waals surface area contributed by atoms with Crippen LogP contribution in [0.25, 0.3) is 0 Å². The molecule has 1 saturated heterocycles. The highest BCUT2D eigenvalue weighted by molar-refractivity contribution is 7.99. The number of ether oxygens (including phenoxy) is 1. The maximum atomic E-state index is 14.2. The fourth-order valence-electron chi connectivity index (χ4n) is 6.86. The summed E-state index contributed by atoms with van der Waals surface area (Å²) in [6.45, 7) is 4.43. The molecule has 4 atom stereocenters. The number of rotatable bonds is 8. The van der Waals surface area contributed by atoms with Crippen molar-refractivity contribution in [3.8, 4) is 0 Å². The number of benzene rings is 2. The number of amides is 2. The summed E-state index contributed by atoms with van der Waals surface area (Å²) in [7, 11) is 1.39. The van der Waals surface area contributed by atoms with Gasteiger partial charge in [-0.2, -0.15) is 11.8 Å². The molecule has 190 valence electrons. The second-order valence-electron chi connectivity index (χ2n) is 10.7. The molecule has 2 saturated carbocycles. The van der Waals surface area contributed by atoms with Gasteiger partial charge in [0.1, 0.15) is 0 Å². The summed E-state index contributed by atoms with van der Waals surface area (Å²) in [6.07, 6.45) is 3.27. The number of anilines is 1. The van der Waals surface area contributed by atoms with E-state index in [9.17, 15) is 14.4 Å². The molecule has 0 radical (unpaired) electrons. The molecule has 1 aliphatic heterocycles. The zero-order valence-corrected chi connectivity index (χ0v) is 22.0. The number of carbonyl (C=O) groups excluding carboxylic acids is 3. The van der Waals surface area contributed by atoms with Gasteiger partial charge in [-0.3, -0.25) is 14.4 Å². The van der Waals surface area contributed by atoms with E-state index < -0.39 is 5.41 Å². The Morgan fingerprint density at radius 1 is 1.08 bits per heavy atom. The van der Waals surface area contributed by atoms with Gasteiger partial charge in [0.2, 0.25) is 5.91 Å². The van der Waals surface area contributed by atoms with E-state index in [0.717, 1.165) is 30.5 Å². The predicted octanol–water partition coefficient (Wildman–Crippen LogP) is 5.40. The topological polar surface area (TPSA) is 66.9 Å². The average Bonchev–Trinajstić information content (AvgIpc) is 3.41. The third-order valence-electron chi connectivity index (χ3n) is 8.86. The minimum Gasteiger partial charge on any atom is -0.469 e. The maximum Gasteiger partial charge on any atom is 0.306 e. The predicted molar refractivity (Wildman–Crippen MR) is 141 cm³/mol. The van der Waals surface area contributed by atoms with E-state index in [-0.39, 0.29) is 40.9 Å². The van der Waals surface area contributed by atoms with Crippen molar-refractivity contribution >= 4 is 35.2 Å². The van der Waals surface area contributed by atoms with E-state index >= 15 is 0 Å². The first-order valence-corrected chi connectivity index (χ1v) is 13.8. The molecule has 3 fully saturated rings. The zero-order chi connectivity index (χ0) is 25.5. The Morgan fingerprint density at radius 2 is 1.75 bits per heavy atom. The normalized spacial score (nSPS) is 26.7. The Hall–Kier alpha value is -2.80. The molecule has 2 bridgehead atoms.